The van der Waals surface area contributed by atoms with Crippen molar-refractivity contribution < 1.29 is 22.6 Å². The third kappa shape index (κ3) is 6.03. The quantitative estimate of drug-likeness (QED) is 0.241. The van der Waals surface area contributed by atoms with E-state index in [1.807, 2.05) is 13.1 Å². The Morgan fingerprint density at radius 2 is 2.11 bits per heavy atom. The number of aromatic amines is 1. The highest BCUT2D eigenvalue weighted by molar-refractivity contribution is 8.68. The van der Waals surface area contributed by atoms with Crippen molar-refractivity contribution >= 4 is 37.2 Å². The summed E-state index contributed by atoms with van der Waals surface area (Å²) in [6.45, 7) is 18.6. The highest BCUT2D eigenvalue weighted by Crippen LogP contribution is 2.75. The molecular formula is C25H40FN2O6PS2Si. The summed E-state index contributed by atoms with van der Waals surface area (Å²) in [5, 5.41) is -0.175. The van der Waals surface area contributed by atoms with Gasteiger partial charge in [0.25, 0.3) is 5.56 Å². The number of ether oxygens (including phenoxy) is 1. The summed E-state index contributed by atoms with van der Waals surface area (Å²) in [5.41, 5.74) is -2.88. The van der Waals surface area contributed by atoms with Crippen LogP contribution in [0.25, 0.3) is 0 Å². The lowest BCUT2D eigenvalue weighted by Gasteiger charge is -2.39. The van der Waals surface area contributed by atoms with Gasteiger partial charge in [-0.1, -0.05) is 44.3 Å². The molecule has 1 aromatic rings. The number of nitrogens with one attached hydrogen (secondary N) is 1. The molecular weight excluding hydrogens is 566 g/mol. The standard InChI is InChI=1S/C25H40FN2O6PS2Si/c1-15(2)16-9-11-25(6)18(13-16)33-35(36,37-25)31-14-17-21(34-38(7,8)24(3,4)5)20(26)22(32-17)28-12-10-19(29)27-23(28)30/h10,12,16-18,20-22H,1,9,11,13-14H2,2-8H3,(H,27,29,30)/t16-,17+,18+,20+,21+,22+,25+,35?/m0/s1. The maximum absolute atomic E-state index is 16.0. The van der Waals surface area contributed by atoms with Crippen LogP contribution in [-0.4, -0.2) is 53.7 Å². The van der Waals surface area contributed by atoms with E-state index in [4.69, 9.17) is 30.0 Å². The van der Waals surface area contributed by atoms with Crippen LogP contribution >= 0.6 is 17.1 Å². The minimum Gasteiger partial charge on any atom is -0.408 e. The van der Waals surface area contributed by atoms with E-state index in [0.717, 1.165) is 29.4 Å². The van der Waals surface area contributed by atoms with Gasteiger partial charge in [-0.25, -0.2) is 9.18 Å². The normalized spacial score (nSPS) is 37.8. The van der Waals surface area contributed by atoms with Crippen molar-refractivity contribution in [3.05, 3.63) is 45.3 Å². The Bertz CT molecular complexity index is 1240. The first-order chi connectivity index (χ1) is 17.4. The van der Waals surface area contributed by atoms with E-state index in [1.54, 1.807) is 11.4 Å². The number of fused-ring (bicyclic) bond motifs is 1. The number of rotatable bonds is 7. The molecule has 3 fully saturated rings. The van der Waals surface area contributed by atoms with Gasteiger partial charge in [-0.05, 0) is 69.0 Å². The predicted molar refractivity (Wildman–Crippen MR) is 155 cm³/mol. The molecule has 1 aromatic heterocycles. The second-order valence-corrected chi connectivity index (χ2v) is 23.8. The molecule has 1 unspecified atom stereocenters. The maximum Gasteiger partial charge on any atom is 0.330 e. The summed E-state index contributed by atoms with van der Waals surface area (Å²) in [5.74, 6) is 0.402. The lowest BCUT2D eigenvalue weighted by Crippen LogP contribution is -2.49. The van der Waals surface area contributed by atoms with Crippen molar-refractivity contribution in [1.82, 2.24) is 9.55 Å². The van der Waals surface area contributed by atoms with Gasteiger partial charge in [0.2, 0.25) is 5.69 Å². The summed E-state index contributed by atoms with van der Waals surface area (Å²) >= 11 is 7.51. The number of halogens is 1. The molecule has 1 N–H and O–H groups in total. The van der Waals surface area contributed by atoms with Crippen molar-refractivity contribution in [3.8, 4) is 0 Å². The van der Waals surface area contributed by atoms with Gasteiger partial charge in [-0.2, -0.15) is 0 Å². The lowest BCUT2D eigenvalue weighted by molar-refractivity contribution is -0.0440. The fourth-order valence-corrected chi connectivity index (χ4v) is 13.4. The van der Waals surface area contributed by atoms with Gasteiger partial charge >= 0.3 is 5.69 Å². The molecule has 214 valence electrons. The van der Waals surface area contributed by atoms with Crippen molar-refractivity contribution in [1.29, 1.82) is 0 Å². The Hall–Kier alpha value is -0.593. The molecule has 13 heteroatoms. The molecule has 0 aromatic carbocycles. The van der Waals surface area contributed by atoms with Crippen molar-refractivity contribution in [2.24, 2.45) is 5.92 Å². The van der Waals surface area contributed by atoms with Gasteiger partial charge in [0.15, 0.2) is 20.7 Å². The van der Waals surface area contributed by atoms with E-state index in [2.05, 4.69) is 46.2 Å². The first-order valence-corrected chi connectivity index (χ1v) is 20.0. The fourth-order valence-electron chi connectivity index (χ4n) is 4.95. The Kier molecular flexibility index (Phi) is 8.53. The largest absolute Gasteiger partial charge is 0.408 e. The molecule has 4 rings (SSSR count). The minimum absolute atomic E-state index is 0.0225. The summed E-state index contributed by atoms with van der Waals surface area (Å²) in [6, 6.07) is 1.17. The summed E-state index contributed by atoms with van der Waals surface area (Å²) in [7, 11) is -2.42. The van der Waals surface area contributed by atoms with Gasteiger partial charge < -0.3 is 18.2 Å². The third-order valence-electron chi connectivity index (χ3n) is 8.47. The third-order valence-corrected chi connectivity index (χ3v) is 18.8. The van der Waals surface area contributed by atoms with Crippen LogP contribution in [-0.2, 0) is 30.0 Å². The van der Waals surface area contributed by atoms with Crippen LogP contribution < -0.4 is 11.2 Å². The Morgan fingerprint density at radius 3 is 2.71 bits per heavy atom. The molecule has 0 spiro atoms. The first-order valence-electron chi connectivity index (χ1n) is 13.0. The molecule has 3 aliphatic rings. The Labute approximate surface area is 234 Å². The second-order valence-electron chi connectivity index (χ2n) is 12.4. The first kappa shape index (κ1) is 30.4. The van der Waals surface area contributed by atoms with Gasteiger partial charge in [0, 0.05) is 17.0 Å². The Balaban J connectivity index is 1.55. The number of nitrogens with zero attached hydrogens (tertiary/aromatic N) is 1. The fraction of sp³-hybridized carbons (Fsp3) is 0.760. The zero-order chi connectivity index (χ0) is 28.3. The van der Waals surface area contributed by atoms with E-state index in [9.17, 15) is 9.59 Å². The molecule has 0 bridgehead atoms. The summed E-state index contributed by atoms with van der Waals surface area (Å²) < 4.78 is 42.2. The molecule has 0 amide bonds. The topological polar surface area (TPSA) is 91.8 Å². The van der Waals surface area contributed by atoms with E-state index in [0.29, 0.717) is 5.92 Å². The maximum atomic E-state index is 16.0. The van der Waals surface area contributed by atoms with Gasteiger partial charge in [-0.3, -0.25) is 14.3 Å². The monoisotopic (exact) mass is 606 g/mol. The van der Waals surface area contributed by atoms with Crippen LogP contribution in [0.1, 0.15) is 60.1 Å². The molecule has 3 heterocycles. The zero-order valence-electron chi connectivity index (χ0n) is 23.2. The van der Waals surface area contributed by atoms with E-state index < -0.39 is 49.9 Å². The zero-order valence-corrected chi connectivity index (χ0v) is 26.7. The van der Waals surface area contributed by atoms with Crippen LogP contribution in [0.2, 0.25) is 18.1 Å². The van der Waals surface area contributed by atoms with E-state index >= 15 is 4.39 Å². The highest BCUT2D eigenvalue weighted by Gasteiger charge is 2.55. The van der Waals surface area contributed by atoms with E-state index in [-0.39, 0.29) is 22.5 Å². The van der Waals surface area contributed by atoms with Crippen molar-refractivity contribution in [3.63, 3.8) is 0 Å². The summed E-state index contributed by atoms with van der Waals surface area (Å²) in [6.07, 6.45) is -0.633. The number of allylic oxidation sites excluding steroid dienone is 1. The van der Waals surface area contributed by atoms with Crippen LogP contribution in [0.5, 0.6) is 0 Å². The summed E-state index contributed by atoms with van der Waals surface area (Å²) in [4.78, 5) is 26.2. The van der Waals surface area contributed by atoms with Crippen LogP contribution in [0, 0.1) is 5.92 Å². The molecule has 8 atom stereocenters. The van der Waals surface area contributed by atoms with Gasteiger partial charge in [-0.15, -0.1) is 0 Å². The van der Waals surface area contributed by atoms with Crippen molar-refractivity contribution in [2.45, 2.75) is 107 Å². The number of alkyl halides is 1. The smallest absolute Gasteiger partial charge is 0.330 e. The highest BCUT2D eigenvalue weighted by atomic mass is 32.9. The number of H-pyrrole nitrogens is 1. The van der Waals surface area contributed by atoms with Gasteiger partial charge in [0.05, 0.1) is 12.7 Å². The molecule has 2 saturated heterocycles. The van der Waals surface area contributed by atoms with Crippen molar-refractivity contribution in [2.75, 3.05) is 6.61 Å². The number of hydrogen-bond donors (Lipinski definition) is 1. The average Bonchev–Trinajstić information content (AvgIpc) is 3.23. The average molecular weight is 607 g/mol. The second kappa shape index (κ2) is 10.7. The van der Waals surface area contributed by atoms with Crippen LogP contribution in [0.3, 0.4) is 0 Å². The Morgan fingerprint density at radius 1 is 1.42 bits per heavy atom. The molecule has 1 aliphatic carbocycles. The van der Waals surface area contributed by atoms with Crippen LogP contribution in [0.15, 0.2) is 34.0 Å². The SMILES string of the molecule is C=C(C)[C@H]1CC[C@@]2(C)SP(=S)(OC[C@H]3O[C@@H](n4ccc(=O)[nH]c4=O)[C@H](F)[C@@H]3O[Si](C)(C)C(C)(C)C)O[C@@H]2C1. The predicted octanol–water partition coefficient (Wildman–Crippen LogP) is 5.67. The minimum atomic E-state index is -2.73. The molecule has 1 saturated carbocycles. The van der Waals surface area contributed by atoms with Gasteiger partial charge in [0.1, 0.15) is 12.2 Å². The molecule has 2 aliphatic heterocycles. The molecule has 8 nitrogen and oxygen atoms in total. The molecule has 38 heavy (non-hydrogen) atoms. The van der Waals surface area contributed by atoms with E-state index in [1.165, 1.54) is 12.3 Å². The van der Waals surface area contributed by atoms with Crippen LogP contribution in [0.4, 0.5) is 4.39 Å². The lowest BCUT2D eigenvalue weighted by atomic mass is 9.77. The number of hydrogen-bond acceptors (Lipinski definition) is 8. The number of aromatic nitrogens is 2. The molecule has 0 radical (unpaired) electrons.